The second-order valence-corrected chi connectivity index (χ2v) is 7.18. The van der Waals surface area contributed by atoms with Crippen LogP contribution in [0.4, 0.5) is 0 Å². The van der Waals surface area contributed by atoms with Gasteiger partial charge in [0.1, 0.15) is 0 Å². The summed E-state index contributed by atoms with van der Waals surface area (Å²) >= 11 is 0. The van der Waals surface area contributed by atoms with E-state index in [1.54, 1.807) is 0 Å². The predicted molar refractivity (Wildman–Crippen MR) is 74.7 cm³/mol. The molecule has 0 bridgehead atoms. The quantitative estimate of drug-likeness (QED) is 0.554. The van der Waals surface area contributed by atoms with Crippen molar-refractivity contribution in [2.75, 3.05) is 51.7 Å². The third-order valence-electron chi connectivity index (χ3n) is 3.46. The molecule has 112 valence electrons. The van der Waals surface area contributed by atoms with Crippen LogP contribution in [-0.4, -0.2) is 71.0 Å². The largest absolute Gasteiger partial charge is 0.379 e. The summed E-state index contributed by atoms with van der Waals surface area (Å²) in [5.74, 6) is 0.182. The van der Waals surface area contributed by atoms with Crippen molar-refractivity contribution in [3.8, 4) is 0 Å². The molecule has 19 heavy (non-hydrogen) atoms. The van der Waals surface area contributed by atoms with Crippen molar-refractivity contribution in [2.24, 2.45) is 0 Å². The normalized spacial score (nSPS) is 21.7. The average Bonchev–Trinajstić information content (AvgIpc) is 3.20. The van der Waals surface area contributed by atoms with Crippen LogP contribution in [0.25, 0.3) is 0 Å². The van der Waals surface area contributed by atoms with Crippen molar-refractivity contribution >= 4 is 10.0 Å². The van der Waals surface area contributed by atoms with Crippen LogP contribution < -0.4 is 10.0 Å². The molecule has 0 radical (unpaired) electrons. The van der Waals surface area contributed by atoms with Crippen molar-refractivity contribution < 1.29 is 13.2 Å². The van der Waals surface area contributed by atoms with Crippen LogP contribution in [0.1, 0.15) is 19.3 Å². The smallest absolute Gasteiger partial charge is 0.212 e. The fourth-order valence-electron chi connectivity index (χ4n) is 2.11. The van der Waals surface area contributed by atoms with Gasteiger partial charge in [-0.3, -0.25) is 4.90 Å². The Labute approximate surface area is 115 Å². The standard InChI is InChI=1S/C12H25N3O3S/c16-19(17,11-5-13-12-2-3-12)14-4-1-6-15-7-9-18-10-8-15/h12-14H,1-11H2. The summed E-state index contributed by atoms with van der Waals surface area (Å²) in [5, 5.41) is 3.21. The summed E-state index contributed by atoms with van der Waals surface area (Å²) in [7, 11) is -3.11. The lowest BCUT2D eigenvalue weighted by Gasteiger charge is -2.26. The van der Waals surface area contributed by atoms with Gasteiger partial charge in [-0.25, -0.2) is 13.1 Å². The number of nitrogens with one attached hydrogen (secondary N) is 2. The second kappa shape index (κ2) is 7.54. The van der Waals surface area contributed by atoms with E-state index in [0.29, 0.717) is 19.1 Å². The highest BCUT2D eigenvalue weighted by atomic mass is 32.2. The molecule has 6 nitrogen and oxygen atoms in total. The minimum Gasteiger partial charge on any atom is -0.379 e. The Kier molecular flexibility index (Phi) is 6.03. The first-order valence-electron chi connectivity index (χ1n) is 7.16. The average molecular weight is 291 g/mol. The summed E-state index contributed by atoms with van der Waals surface area (Å²) in [6.07, 6.45) is 3.23. The Hall–Kier alpha value is -0.210. The van der Waals surface area contributed by atoms with Gasteiger partial charge in [0.05, 0.1) is 19.0 Å². The molecule has 1 saturated carbocycles. The zero-order valence-corrected chi connectivity index (χ0v) is 12.3. The van der Waals surface area contributed by atoms with Crippen LogP contribution in [0.2, 0.25) is 0 Å². The summed E-state index contributed by atoms with van der Waals surface area (Å²) in [6.45, 7) is 5.52. The number of rotatable bonds is 9. The van der Waals surface area contributed by atoms with Gasteiger partial charge >= 0.3 is 0 Å². The van der Waals surface area contributed by atoms with Crippen molar-refractivity contribution in [3.63, 3.8) is 0 Å². The lowest BCUT2D eigenvalue weighted by molar-refractivity contribution is 0.0376. The van der Waals surface area contributed by atoms with Crippen LogP contribution in [0.3, 0.4) is 0 Å². The van der Waals surface area contributed by atoms with E-state index < -0.39 is 10.0 Å². The minimum absolute atomic E-state index is 0.182. The van der Waals surface area contributed by atoms with Crippen LogP contribution >= 0.6 is 0 Å². The van der Waals surface area contributed by atoms with Gasteiger partial charge in [0.15, 0.2) is 0 Å². The maximum atomic E-state index is 11.7. The van der Waals surface area contributed by atoms with E-state index in [2.05, 4.69) is 14.9 Å². The minimum atomic E-state index is -3.11. The molecule has 1 saturated heterocycles. The fraction of sp³-hybridized carbons (Fsp3) is 1.00. The highest BCUT2D eigenvalue weighted by Gasteiger charge is 2.21. The van der Waals surface area contributed by atoms with Gasteiger partial charge in [-0.1, -0.05) is 0 Å². The third kappa shape index (κ3) is 6.67. The van der Waals surface area contributed by atoms with Gasteiger partial charge < -0.3 is 10.1 Å². The van der Waals surface area contributed by atoms with E-state index in [4.69, 9.17) is 4.74 Å². The maximum Gasteiger partial charge on any atom is 0.212 e. The SMILES string of the molecule is O=S(=O)(CCNC1CC1)NCCCN1CCOCC1. The zero-order chi connectivity index (χ0) is 13.6. The molecular formula is C12H25N3O3S. The number of hydrogen-bond acceptors (Lipinski definition) is 5. The molecule has 2 rings (SSSR count). The molecule has 0 spiro atoms. The summed E-state index contributed by atoms with van der Waals surface area (Å²) in [6, 6.07) is 0.566. The predicted octanol–water partition coefficient (Wildman–Crippen LogP) is -0.620. The molecule has 1 aliphatic carbocycles. The Balaban J connectivity index is 1.50. The second-order valence-electron chi connectivity index (χ2n) is 5.25. The van der Waals surface area contributed by atoms with Crippen molar-refractivity contribution in [1.29, 1.82) is 0 Å². The zero-order valence-electron chi connectivity index (χ0n) is 11.4. The van der Waals surface area contributed by atoms with E-state index in [1.165, 1.54) is 12.8 Å². The first kappa shape index (κ1) is 15.2. The monoisotopic (exact) mass is 291 g/mol. The Morgan fingerprint density at radius 2 is 1.89 bits per heavy atom. The summed E-state index contributed by atoms with van der Waals surface area (Å²) in [5.41, 5.74) is 0. The van der Waals surface area contributed by atoms with Crippen LogP contribution in [0.15, 0.2) is 0 Å². The van der Waals surface area contributed by atoms with Crippen LogP contribution in [0.5, 0.6) is 0 Å². The highest BCUT2D eigenvalue weighted by molar-refractivity contribution is 7.89. The molecule has 0 amide bonds. The fourth-order valence-corrected chi connectivity index (χ4v) is 3.10. The van der Waals surface area contributed by atoms with Gasteiger partial charge in [0.2, 0.25) is 10.0 Å². The van der Waals surface area contributed by atoms with E-state index in [0.717, 1.165) is 39.3 Å². The number of hydrogen-bond donors (Lipinski definition) is 2. The molecular weight excluding hydrogens is 266 g/mol. The summed E-state index contributed by atoms with van der Waals surface area (Å²) in [4.78, 5) is 2.31. The van der Waals surface area contributed by atoms with E-state index in [1.807, 2.05) is 0 Å². The molecule has 2 fully saturated rings. The van der Waals surface area contributed by atoms with Crippen molar-refractivity contribution in [3.05, 3.63) is 0 Å². The van der Waals surface area contributed by atoms with Gasteiger partial charge in [-0.05, 0) is 25.8 Å². The molecule has 2 N–H and O–H groups in total. The molecule has 0 unspecified atom stereocenters. The lowest BCUT2D eigenvalue weighted by Crippen LogP contribution is -2.38. The van der Waals surface area contributed by atoms with Gasteiger partial charge in [-0.2, -0.15) is 0 Å². The molecule has 0 aromatic carbocycles. The number of sulfonamides is 1. The van der Waals surface area contributed by atoms with Crippen LogP contribution in [-0.2, 0) is 14.8 Å². The van der Waals surface area contributed by atoms with E-state index in [9.17, 15) is 8.42 Å². The van der Waals surface area contributed by atoms with Gasteiger partial charge in [0.25, 0.3) is 0 Å². The summed E-state index contributed by atoms with van der Waals surface area (Å²) < 4.78 is 31.3. The maximum absolute atomic E-state index is 11.7. The lowest BCUT2D eigenvalue weighted by atomic mass is 10.3. The topological polar surface area (TPSA) is 70.7 Å². The molecule has 2 aliphatic rings. The number of ether oxygens (including phenoxy) is 1. The third-order valence-corrected chi connectivity index (χ3v) is 4.84. The Morgan fingerprint density at radius 3 is 2.58 bits per heavy atom. The molecule has 1 heterocycles. The van der Waals surface area contributed by atoms with Gasteiger partial charge in [-0.15, -0.1) is 0 Å². The molecule has 0 aromatic heterocycles. The Bertz CT molecular complexity index is 351. The molecule has 0 atom stereocenters. The van der Waals surface area contributed by atoms with E-state index >= 15 is 0 Å². The molecule has 7 heteroatoms. The highest BCUT2D eigenvalue weighted by Crippen LogP contribution is 2.17. The van der Waals surface area contributed by atoms with Crippen molar-refractivity contribution in [2.45, 2.75) is 25.3 Å². The first-order valence-corrected chi connectivity index (χ1v) is 8.82. The number of nitrogens with zero attached hydrogens (tertiary/aromatic N) is 1. The molecule has 1 aliphatic heterocycles. The van der Waals surface area contributed by atoms with Gasteiger partial charge in [0, 0.05) is 32.2 Å². The molecule has 0 aromatic rings. The van der Waals surface area contributed by atoms with Crippen molar-refractivity contribution in [1.82, 2.24) is 14.9 Å². The number of morpholine rings is 1. The van der Waals surface area contributed by atoms with E-state index in [-0.39, 0.29) is 5.75 Å². The van der Waals surface area contributed by atoms with Crippen LogP contribution in [0, 0.1) is 0 Å². The first-order chi connectivity index (χ1) is 9.16. The Morgan fingerprint density at radius 1 is 1.16 bits per heavy atom.